The summed E-state index contributed by atoms with van der Waals surface area (Å²) >= 11 is 0. The summed E-state index contributed by atoms with van der Waals surface area (Å²) in [6.45, 7) is 13.3. The molecule has 0 aromatic rings. The molecule has 1 rings (SSSR count). The highest BCUT2D eigenvalue weighted by atomic mass is 16.6. The van der Waals surface area contributed by atoms with Gasteiger partial charge in [-0.25, -0.2) is 4.79 Å². The van der Waals surface area contributed by atoms with Gasteiger partial charge < -0.3 is 14.4 Å². The minimum Gasteiger partial charge on any atom is -0.444 e. The van der Waals surface area contributed by atoms with E-state index < -0.39 is 5.60 Å². The lowest BCUT2D eigenvalue weighted by Gasteiger charge is -2.36. The number of hydrogen-bond donors (Lipinski definition) is 0. The van der Waals surface area contributed by atoms with Crippen LogP contribution < -0.4 is 0 Å². The summed E-state index contributed by atoms with van der Waals surface area (Å²) < 4.78 is 11.3. The SMILES string of the molecule is CC(C)(C)OC(=O)N1CCC(OC(C)(C)C)CC1. The van der Waals surface area contributed by atoms with E-state index in [-0.39, 0.29) is 17.8 Å². The molecule has 18 heavy (non-hydrogen) atoms. The first kappa shape index (κ1) is 15.3. The van der Waals surface area contributed by atoms with Gasteiger partial charge in [-0.05, 0) is 54.4 Å². The van der Waals surface area contributed by atoms with Gasteiger partial charge in [0.2, 0.25) is 0 Å². The Morgan fingerprint density at radius 3 is 1.89 bits per heavy atom. The summed E-state index contributed by atoms with van der Waals surface area (Å²) in [7, 11) is 0. The molecule has 0 saturated carbocycles. The van der Waals surface area contributed by atoms with E-state index in [1.54, 1.807) is 4.90 Å². The summed E-state index contributed by atoms with van der Waals surface area (Å²) in [5.41, 5.74) is -0.533. The van der Waals surface area contributed by atoms with Crippen LogP contribution in [0, 0.1) is 0 Å². The van der Waals surface area contributed by atoms with Gasteiger partial charge in [-0.3, -0.25) is 0 Å². The second kappa shape index (κ2) is 5.47. The van der Waals surface area contributed by atoms with Crippen LogP contribution in [-0.4, -0.2) is 41.4 Å². The molecule has 0 N–H and O–H groups in total. The van der Waals surface area contributed by atoms with Crippen molar-refractivity contribution >= 4 is 6.09 Å². The molecular weight excluding hydrogens is 230 g/mol. The van der Waals surface area contributed by atoms with E-state index in [9.17, 15) is 4.79 Å². The smallest absolute Gasteiger partial charge is 0.410 e. The Labute approximate surface area is 111 Å². The van der Waals surface area contributed by atoms with Crippen LogP contribution in [0.2, 0.25) is 0 Å². The molecule has 1 aliphatic rings. The molecule has 0 aromatic carbocycles. The normalized spacial score (nSPS) is 18.9. The molecule has 1 amide bonds. The third kappa shape index (κ3) is 5.71. The Morgan fingerprint density at radius 1 is 1.00 bits per heavy atom. The Morgan fingerprint density at radius 2 is 1.50 bits per heavy atom. The van der Waals surface area contributed by atoms with E-state index >= 15 is 0 Å². The molecule has 0 aromatic heterocycles. The fourth-order valence-electron chi connectivity index (χ4n) is 1.98. The van der Waals surface area contributed by atoms with E-state index in [0.717, 1.165) is 25.9 Å². The molecule has 1 aliphatic heterocycles. The first-order valence-corrected chi connectivity index (χ1v) is 6.72. The predicted molar refractivity (Wildman–Crippen MR) is 71.7 cm³/mol. The van der Waals surface area contributed by atoms with Crippen molar-refractivity contribution in [3.63, 3.8) is 0 Å². The molecule has 0 bridgehead atoms. The number of amides is 1. The topological polar surface area (TPSA) is 38.8 Å². The Balaban J connectivity index is 2.37. The van der Waals surface area contributed by atoms with Gasteiger partial charge in [0.1, 0.15) is 5.60 Å². The second-order valence-corrected chi connectivity index (χ2v) is 6.90. The van der Waals surface area contributed by atoms with Gasteiger partial charge in [0, 0.05) is 13.1 Å². The van der Waals surface area contributed by atoms with Gasteiger partial charge in [0.25, 0.3) is 0 Å². The van der Waals surface area contributed by atoms with Crippen molar-refractivity contribution in [1.29, 1.82) is 0 Å². The second-order valence-electron chi connectivity index (χ2n) is 6.90. The van der Waals surface area contributed by atoms with Crippen LogP contribution in [-0.2, 0) is 9.47 Å². The van der Waals surface area contributed by atoms with Crippen LogP contribution in [0.4, 0.5) is 4.79 Å². The number of hydrogen-bond acceptors (Lipinski definition) is 3. The molecule has 4 heteroatoms. The van der Waals surface area contributed by atoms with Crippen LogP contribution in [0.1, 0.15) is 54.4 Å². The van der Waals surface area contributed by atoms with Crippen LogP contribution in [0.15, 0.2) is 0 Å². The van der Waals surface area contributed by atoms with E-state index in [1.807, 2.05) is 20.8 Å². The zero-order chi connectivity index (χ0) is 14.0. The fourth-order valence-corrected chi connectivity index (χ4v) is 1.98. The zero-order valence-corrected chi connectivity index (χ0v) is 12.6. The first-order valence-electron chi connectivity index (χ1n) is 6.72. The highest BCUT2D eigenvalue weighted by Gasteiger charge is 2.28. The highest BCUT2D eigenvalue weighted by Crippen LogP contribution is 2.21. The molecule has 0 radical (unpaired) electrons. The van der Waals surface area contributed by atoms with Crippen molar-refractivity contribution < 1.29 is 14.3 Å². The molecule has 0 atom stereocenters. The summed E-state index contributed by atoms with van der Waals surface area (Å²) in [6, 6.07) is 0. The number of rotatable bonds is 1. The van der Waals surface area contributed by atoms with Crippen molar-refractivity contribution in [2.45, 2.75) is 71.7 Å². The molecule has 1 saturated heterocycles. The number of carbonyl (C=O) groups excluding carboxylic acids is 1. The molecule has 4 nitrogen and oxygen atoms in total. The van der Waals surface area contributed by atoms with Crippen LogP contribution >= 0.6 is 0 Å². The largest absolute Gasteiger partial charge is 0.444 e. The molecule has 1 heterocycles. The first-order chi connectivity index (χ1) is 8.07. The number of likely N-dealkylation sites (tertiary alicyclic amines) is 1. The molecule has 106 valence electrons. The van der Waals surface area contributed by atoms with Gasteiger partial charge >= 0.3 is 6.09 Å². The van der Waals surface area contributed by atoms with E-state index in [2.05, 4.69) is 20.8 Å². The molecule has 0 aliphatic carbocycles. The lowest BCUT2D eigenvalue weighted by atomic mass is 10.1. The van der Waals surface area contributed by atoms with Crippen molar-refractivity contribution in [3.05, 3.63) is 0 Å². The minimum absolute atomic E-state index is 0.112. The zero-order valence-electron chi connectivity index (χ0n) is 12.6. The van der Waals surface area contributed by atoms with E-state index in [1.165, 1.54) is 0 Å². The van der Waals surface area contributed by atoms with E-state index in [4.69, 9.17) is 9.47 Å². The fraction of sp³-hybridized carbons (Fsp3) is 0.929. The maximum atomic E-state index is 11.9. The predicted octanol–water partition coefficient (Wildman–Crippen LogP) is 3.20. The van der Waals surface area contributed by atoms with Crippen LogP contribution in [0.3, 0.4) is 0 Å². The lowest BCUT2D eigenvalue weighted by Crippen LogP contribution is -2.44. The van der Waals surface area contributed by atoms with Gasteiger partial charge in [0.05, 0.1) is 11.7 Å². The summed E-state index contributed by atoms with van der Waals surface area (Å²) in [4.78, 5) is 13.6. The Bertz CT molecular complexity index is 280. The number of carbonyl (C=O) groups is 1. The molecule has 0 spiro atoms. The highest BCUT2D eigenvalue weighted by molar-refractivity contribution is 5.68. The molecular formula is C14H27NO3. The Hall–Kier alpha value is -0.770. The monoisotopic (exact) mass is 257 g/mol. The summed E-state index contributed by atoms with van der Waals surface area (Å²) in [5.74, 6) is 0. The third-order valence-electron chi connectivity index (χ3n) is 2.61. The van der Waals surface area contributed by atoms with Crippen LogP contribution in [0.25, 0.3) is 0 Å². The van der Waals surface area contributed by atoms with Gasteiger partial charge in [-0.15, -0.1) is 0 Å². The van der Waals surface area contributed by atoms with E-state index in [0.29, 0.717) is 0 Å². The number of nitrogens with zero attached hydrogens (tertiary/aromatic N) is 1. The minimum atomic E-state index is -0.421. The summed E-state index contributed by atoms with van der Waals surface area (Å²) in [5, 5.41) is 0. The van der Waals surface area contributed by atoms with Crippen LogP contribution in [0.5, 0.6) is 0 Å². The van der Waals surface area contributed by atoms with Crippen molar-refractivity contribution in [2.24, 2.45) is 0 Å². The Kier molecular flexibility index (Phi) is 4.65. The molecule has 1 fully saturated rings. The van der Waals surface area contributed by atoms with Crippen molar-refractivity contribution in [1.82, 2.24) is 4.90 Å². The number of piperidine rings is 1. The maximum Gasteiger partial charge on any atom is 0.410 e. The maximum absolute atomic E-state index is 11.9. The quantitative estimate of drug-likeness (QED) is 0.724. The van der Waals surface area contributed by atoms with Gasteiger partial charge in [0.15, 0.2) is 0 Å². The number of ether oxygens (including phenoxy) is 2. The van der Waals surface area contributed by atoms with Gasteiger partial charge in [-0.1, -0.05) is 0 Å². The lowest BCUT2D eigenvalue weighted by molar-refractivity contribution is -0.0823. The summed E-state index contributed by atoms with van der Waals surface area (Å²) in [6.07, 6.45) is 1.81. The average molecular weight is 257 g/mol. The molecule has 0 unspecified atom stereocenters. The van der Waals surface area contributed by atoms with Crippen molar-refractivity contribution in [3.8, 4) is 0 Å². The average Bonchev–Trinajstić information content (AvgIpc) is 2.13. The third-order valence-corrected chi connectivity index (χ3v) is 2.61. The standard InChI is InChI=1S/C14H27NO3/c1-13(2,3)17-11-7-9-15(10-8-11)12(16)18-14(4,5)6/h11H,7-10H2,1-6H3. The van der Waals surface area contributed by atoms with Gasteiger partial charge in [-0.2, -0.15) is 0 Å². The van der Waals surface area contributed by atoms with Crippen molar-refractivity contribution in [2.75, 3.05) is 13.1 Å².